The van der Waals surface area contributed by atoms with Crippen LogP contribution >= 0.6 is 23.2 Å². The molecule has 0 unspecified atom stereocenters. The topological polar surface area (TPSA) is 67.3 Å². The molecule has 3 heterocycles. The van der Waals surface area contributed by atoms with Crippen LogP contribution in [-0.4, -0.2) is 24.9 Å². The van der Waals surface area contributed by atoms with Gasteiger partial charge in [-0.25, -0.2) is 19.9 Å². The normalized spacial score (nSPS) is 10.9. The maximum absolute atomic E-state index is 6.03. The molecule has 0 saturated heterocycles. The third kappa shape index (κ3) is 1.73. The molecule has 84 valence electrons. The van der Waals surface area contributed by atoms with Gasteiger partial charge in [0.1, 0.15) is 17.1 Å². The average Bonchev–Trinajstić information content (AvgIpc) is 2.77. The van der Waals surface area contributed by atoms with Crippen LogP contribution in [0.15, 0.2) is 24.8 Å². The molecule has 0 fully saturated rings. The second-order valence-corrected chi connectivity index (χ2v) is 4.00. The first kappa shape index (κ1) is 10.4. The van der Waals surface area contributed by atoms with Gasteiger partial charge in [0.25, 0.3) is 0 Å². The van der Waals surface area contributed by atoms with Gasteiger partial charge in [0.05, 0.1) is 11.3 Å². The van der Waals surface area contributed by atoms with E-state index in [2.05, 4.69) is 24.9 Å². The van der Waals surface area contributed by atoms with E-state index in [1.807, 2.05) is 6.07 Å². The molecule has 0 aliphatic rings. The van der Waals surface area contributed by atoms with Crippen LogP contribution in [0.5, 0.6) is 0 Å². The van der Waals surface area contributed by atoms with Gasteiger partial charge in [0, 0.05) is 17.8 Å². The highest BCUT2D eigenvalue weighted by Crippen LogP contribution is 2.29. The van der Waals surface area contributed by atoms with Crippen molar-refractivity contribution in [3.8, 4) is 11.3 Å². The number of hydrogen-bond acceptors (Lipinski definition) is 4. The molecular formula is C10H5Cl2N5. The summed E-state index contributed by atoms with van der Waals surface area (Å²) in [5.74, 6) is 0. The molecule has 0 saturated carbocycles. The molecule has 17 heavy (non-hydrogen) atoms. The maximum Gasteiger partial charge on any atom is 0.223 e. The summed E-state index contributed by atoms with van der Waals surface area (Å²) < 4.78 is 0. The van der Waals surface area contributed by atoms with Crippen molar-refractivity contribution < 1.29 is 0 Å². The van der Waals surface area contributed by atoms with Gasteiger partial charge >= 0.3 is 0 Å². The minimum absolute atomic E-state index is 0.109. The second-order valence-electron chi connectivity index (χ2n) is 3.31. The average molecular weight is 266 g/mol. The van der Waals surface area contributed by atoms with E-state index in [1.54, 1.807) is 12.4 Å². The van der Waals surface area contributed by atoms with Crippen molar-refractivity contribution in [2.75, 3.05) is 0 Å². The van der Waals surface area contributed by atoms with Crippen molar-refractivity contribution in [1.29, 1.82) is 0 Å². The van der Waals surface area contributed by atoms with Gasteiger partial charge in [0.2, 0.25) is 5.28 Å². The van der Waals surface area contributed by atoms with Crippen LogP contribution in [0.3, 0.4) is 0 Å². The van der Waals surface area contributed by atoms with Crippen LogP contribution in [0.4, 0.5) is 0 Å². The fraction of sp³-hybridized carbons (Fsp3) is 0. The Hall–Kier alpha value is -1.72. The fourth-order valence-corrected chi connectivity index (χ4v) is 1.98. The molecule has 0 atom stereocenters. The molecule has 0 amide bonds. The predicted molar refractivity (Wildman–Crippen MR) is 64.9 cm³/mol. The Morgan fingerprint density at radius 2 is 2.00 bits per heavy atom. The van der Waals surface area contributed by atoms with Crippen LogP contribution in [0.2, 0.25) is 10.4 Å². The summed E-state index contributed by atoms with van der Waals surface area (Å²) in [5, 5.41) is 1.24. The van der Waals surface area contributed by atoms with Crippen molar-refractivity contribution >= 4 is 34.2 Å². The highest BCUT2D eigenvalue weighted by molar-refractivity contribution is 6.33. The molecule has 0 aliphatic carbocycles. The summed E-state index contributed by atoms with van der Waals surface area (Å²) in [6, 6.07) is 1.87. The Morgan fingerprint density at radius 3 is 2.82 bits per heavy atom. The molecule has 3 aromatic rings. The molecule has 7 heteroatoms. The summed E-state index contributed by atoms with van der Waals surface area (Å²) >= 11 is 11.7. The summed E-state index contributed by atoms with van der Waals surface area (Å²) in [6.07, 6.45) is 4.79. The lowest BCUT2D eigenvalue weighted by molar-refractivity contribution is 1.15. The number of aromatic amines is 1. The number of halogens is 2. The third-order valence-electron chi connectivity index (χ3n) is 2.32. The number of aromatic nitrogens is 5. The van der Waals surface area contributed by atoms with Gasteiger partial charge in [0.15, 0.2) is 0 Å². The van der Waals surface area contributed by atoms with E-state index in [9.17, 15) is 0 Å². The van der Waals surface area contributed by atoms with E-state index in [0.29, 0.717) is 11.3 Å². The SMILES string of the molecule is Clc1ncc(-c2ncnc3[nH]ccc23)c(Cl)n1. The van der Waals surface area contributed by atoms with Gasteiger partial charge in [-0.1, -0.05) is 11.6 Å². The number of nitrogens with one attached hydrogen (secondary N) is 1. The summed E-state index contributed by atoms with van der Waals surface area (Å²) in [6.45, 7) is 0. The number of fused-ring (bicyclic) bond motifs is 1. The fourth-order valence-electron chi connectivity index (χ4n) is 1.59. The van der Waals surface area contributed by atoms with E-state index < -0.39 is 0 Å². The highest BCUT2D eigenvalue weighted by atomic mass is 35.5. The zero-order chi connectivity index (χ0) is 11.8. The number of rotatable bonds is 1. The predicted octanol–water partition coefficient (Wildman–Crippen LogP) is 2.72. The van der Waals surface area contributed by atoms with Crippen molar-refractivity contribution in [3.05, 3.63) is 35.2 Å². The van der Waals surface area contributed by atoms with Crippen LogP contribution in [0, 0.1) is 0 Å². The minimum atomic E-state index is 0.109. The third-order valence-corrected chi connectivity index (χ3v) is 2.79. The van der Waals surface area contributed by atoms with Gasteiger partial charge in [-0.3, -0.25) is 0 Å². The van der Waals surface area contributed by atoms with Gasteiger partial charge in [-0.05, 0) is 17.7 Å². The quantitative estimate of drug-likeness (QED) is 0.543. The molecule has 3 aromatic heterocycles. The molecule has 0 aromatic carbocycles. The van der Waals surface area contributed by atoms with E-state index in [1.165, 1.54) is 6.33 Å². The molecule has 3 rings (SSSR count). The molecule has 5 nitrogen and oxygen atoms in total. The van der Waals surface area contributed by atoms with Crippen molar-refractivity contribution in [2.45, 2.75) is 0 Å². The van der Waals surface area contributed by atoms with Gasteiger partial charge in [-0.15, -0.1) is 0 Å². The Labute approximate surface area is 106 Å². The first-order valence-electron chi connectivity index (χ1n) is 4.72. The first-order valence-corrected chi connectivity index (χ1v) is 5.48. The smallest absolute Gasteiger partial charge is 0.223 e. The Balaban J connectivity index is 2.30. The lowest BCUT2D eigenvalue weighted by Crippen LogP contribution is -1.92. The molecular weight excluding hydrogens is 261 g/mol. The van der Waals surface area contributed by atoms with E-state index in [0.717, 1.165) is 11.0 Å². The van der Waals surface area contributed by atoms with Gasteiger partial charge in [-0.2, -0.15) is 0 Å². The van der Waals surface area contributed by atoms with E-state index in [4.69, 9.17) is 23.2 Å². The first-order chi connectivity index (χ1) is 8.25. The van der Waals surface area contributed by atoms with Crippen molar-refractivity contribution in [1.82, 2.24) is 24.9 Å². The zero-order valence-corrected chi connectivity index (χ0v) is 9.87. The van der Waals surface area contributed by atoms with Crippen LogP contribution in [-0.2, 0) is 0 Å². The maximum atomic E-state index is 6.03. The summed E-state index contributed by atoms with van der Waals surface area (Å²) in [4.78, 5) is 19.1. The minimum Gasteiger partial charge on any atom is -0.346 e. The Kier molecular flexibility index (Phi) is 2.42. The number of hydrogen-bond donors (Lipinski definition) is 1. The summed E-state index contributed by atoms with van der Waals surface area (Å²) in [5.41, 5.74) is 2.04. The Morgan fingerprint density at radius 1 is 1.12 bits per heavy atom. The lowest BCUT2D eigenvalue weighted by atomic mass is 10.2. The van der Waals surface area contributed by atoms with Crippen LogP contribution < -0.4 is 0 Å². The molecule has 0 bridgehead atoms. The van der Waals surface area contributed by atoms with Crippen molar-refractivity contribution in [3.63, 3.8) is 0 Å². The second kappa shape index (κ2) is 3.94. The molecule has 0 radical (unpaired) electrons. The summed E-state index contributed by atoms with van der Waals surface area (Å²) in [7, 11) is 0. The van der Waals surface area contributed by atoms with Crippen LogP contribution in [0.1, 0.15) is 0 Å². The van der Waals surface area contributed by atoms with E-state index >= 15 is 0 Å². The zero-order valence-electron chi connectivity index (χ0n) is 8.35. The lowest BCUT2D eigenvalue weighted by Gasteiger charge is -2.03. The van der Waals surface area contributed by atoms with E-state index in [-0.39, 0.29) is 10.4 Å². The largest absolute Gasteiger partial charge is 0.346 e. The molecule has 0 spiro atoms. The number of nitrogens with zero attached hydrogens (tertiary/aromatic N) is 4. The van der Waals surface area contributed by atoms with Crippen LogP contribution in [0.25, 0.3) is 22.3 Å². The standard InChI is InChI=1S/C10H5Cl2N5/c11-8-6(3-14-10(12)17-8)7-5-1-2-13-9(5)16-4-15-7/h1-4H,(H,13,15,16). The monoisotopic (exact) mass is 265 g/mol. The molecule has 0 aliphatic heterocycles. The van der Waals surface area contributed by atoms with Gasteiger partial charge < -0.3 is 4.98 Å². The number of H-pyrrole nitrogens is 1. The highest BCUT2D eigenvalue weighted by Gasteiger charge is 2.12. The Bertz CT molecular complexity index is 694. The van der Waals surface area contributed by atoms with Crippen molar-refractivity contribution in [2.24, 2.45) is 0 Å². The molecule has 1 N–H and O–H groups in total.